The highest BCUT2D eigenvalue weighted by Gasteiger charge is 2.57. The molecule has 0 saturated heterocycles. The molecule has 2 aromatic rings. The number of nitrogens with zero attached hydrogens (tertiary/aromatic N) is 1. The predicted octanol–water partition coefficient (Wildman–Crippen LogP) is 4.10. The maximum atomic E-state index is 13.0. The number of urea groups is 1. The van der Waals surface area contributed by atoms with Gasteiger partial charge in [0, 0.05) is 39.1 Å². The lowest BCUT2D eigenvalue weighted by atomic mass is 9.99. The number of carbonyl (C=O) groups is 1. The number of hydrogen-bond donors (Lipinski definition) is 2. The number of carbonyl (C=O) groups excluding carboxylic acids is 1. The Bertz CT molecular complexity index is 918. The molecular weight excluding hydrogens is 400 g/mol. The summed E-state index contributed by atoms with van der Waals surface area (Å²) in [5.74, 6) is -2.48. The Kier molecular flexibility index (Phi) is 6.41. The third kappa shape index (κ3) is 5.73. The van der Waals surface area contributed by atoms with Crippen LogP contribution in [-0.2, 0) is 26.1 Å². The number of halogens is 2. The van der Waals surface area contributed by atoms with Crippen molar-refractivity contribution in [3.63, 3.8) is 0 Å². The minimum atomic E-state index is -2.53. The highest BCUT2D eigenvalue weighted by atomic mass is 19.3. The molecule has 0 aromatic heterocycles. The summed E-state index contributed by atoms with van der Waals surface area (Å²) in [6, 6.07) is 14.1. The molecule has 2 amide bonds. The molecule has 166 valence electrons. The van der Waals surface area contributed by atoms with Gasteiger partial charge in [-0.1, -0.05) is 30.3 Å². The van der Waals surface area contributed by atoms with Gasteiger partial charge in [0.15, 0.2) is 0 Å². The van der Waals surface area contributed by atoms with Gasteiger partial charge in [0.1, 0.15) is 5.75 Å². The SMILES string of the molecule is CCNC(=O)NCc1ccc(CN2CCc3cc(OCC4CC4(F)F)ccc3C2)cc1. The highest BCUT2D eigenvalue weighted by Crippen LogP contribution is 2.48. The van der Waals surface area contributed by atoms with Gasteiger partial charge in [0.2, 0.25) is 0 Å². The summed E-state index contributed by atoms with van der Waals surface area (Å²) in [5, 5.41) is 5.55. The first kappa shape index (κ1) is 21.6. The molecule has 31 heavy (non-hydrogen) atoms. The van der Waals surface area contributed by atoms with Crippen LogP contribution < -0.4 is 15.4 Å². The van der Waals surface area contributed by atoms with Crippen LogP contribution in [0.4, 0.5) is 13.6 Å². The average Bonchev–Trinajstić information content (AvgIpc) is 3.38. The van der Waals surface area contributed by atoms with Crippen LogP contribution in [0.1, 0.15) is 35.6 Å². The number of nitrogens with one attached hydrogen (secondary N) is 2. The molecule has 0 bridgehead atoms. The Hall–Kier alpha value is -2.67. The van der Waals surface area contributed by atoms with Crippen molar-refractivity contribution in [2.75, 3.05) is 19.7 Å². The molecule has 1 saturated carbocycles. The van der Waals surface area contributed by atoms with Gasteiger partial charge < -0.3 is 15.4 Å². The van der Waals surface area contributed by atoms with E-state index in [9.17, 15) is 13.6 Å². The maximum absolute atomic E-state index is 13.0. The van der Waals surface area contributed by atoms with Crippen LogP contribution in [-0.4, -0.2) is 36.5 Å². The van der Waals surface area contributed by atoms with Crippen molar-refractivity contribution < 1.29 is 18.3 Å². The number of alkyl halides is 2. The van der Waals surface area contributed by atoms with Crippen molar-refractivity contribution in [2.24, 2.45) is 5.92 Å². The minimum absolute atomic E-state index is 0.0570. The lowest BCUT2D eigenvalue weighted by molar-refractivity contribution is 0.0856. The van der Waals surface area contributed by atoms with E-state index in [1.165, 1.54) is 16.7 Å². The fourth-order valence-corrected chi connectivity index (χ4v) is 3.89. The molecule has 7 heteroatoms. The summed E-state index contributed by atoms with van der Waals surface area (Å²) < 4.78 is 31.6. The van der Waals surface area contributed by atoms with Gasteiger partial charge in [0.25, 0.3) is 5.92 Å². The maximum Gasteiger partial charge on any atom is 0.315 e. The fraction of sp³-hybridized carbons (Fsp3) is 0.458. The summed E-state index contributed by atoms with van der Waals surface area (Å²) in [7, 11) is 0. The zero-order chi connectivity index (χ0) is 21.8. The number of amides is 2. The molecule has 4 rings (SSSR count). The fourth-order valence-electron chi connectivity index (χ4n) is 3.89. The number of fused-ring (bicyclic) bond motifs is 1. The summed E-state index contributed by atoms with van der Waals surface area (Å²) in [6.07, 6.45) is 0.860. The molecule has 1 aliphatic heterocycles. The molecule has 1 aliphatic carbocycles. The Morgan fingerprint density at radius 3 is 2.58 bits per heavy atom. The van der Waals surface area contributed by atoms with E-state index < -0.39 is 11.8 Å². The zero-order valence-electron chi connectivity index (χ0n) is 17.8. The van der Waals surface area contributed by atoms with Crippen LogP contribution >= 0.6 is 0 Å². The molecule has 0 spiro atoms. The van der Waals surface area contributed by atoms with Crippen molar-refractivity contribution >= 4 is 6.03 Å². The van der Waals surface area contributed by atoms with Crippen LogP contribution in [0.2, 0.25) is 0 Å². The third-order valence-electron chi connectivity index (χ3n) is 5.90. The summed E-state index contributed by atoms with van der Waals surface area (Å²) in [4.78, 5) is 13.9. The second kappa shape index (κ2) is 9.22. The molecule has 2 aromatic carbocycles. The van der Waals surface area contributed by atoms with E-state index in [1.54, 1.807) is 0 Å². The molecule has 1 atom stereocenters. The van der Waals surface area contributed by atoms with Crippen molar-refractivity contribution in [3.05, 3.63) is 64.7 Å². The topological polar surface area (TPSA) is 53.6 Å². The third-order valence-corrected chi connectivity index (χ3v) is 5.90. The normalized spacial score (nSPS) is 19.4. The Morgan fingerprint density at radius 2 is 1.87 bits per heavy atom. The van der Waals surface area contributed by atoms with Gasteiger partial charge in [-0.05, 0) is 47.7 Å². The van der Waals surface area contributed by atoms with Gasteiger partial charge >= 0.3 is 6.03 Å². The van der Waals surface area contributed by atoms with Crippen molar-refractivity contribution in [1.82, 2.24) is 15.5 Å². The van der Waals surface area contributed by atoms with Crippen LogP contribution in [0.5, 0.6) is 5.75 Å². The van der Waals surface area contributed by atoms with Crippen molar-refractivity contribution in [1.29, 1.82) is 0 Å². The van der Waals surface area contributed by atoms with Gasteiger partial charge in [-0.2, -0.15) is 0 Å². The second-order valence-corrected chi connectivity index (χ2v) is 8.39. The lowest BCUT2D eigenvalue weighted by Crippen LogP contribution is -2.34. The Morgan fingerprint density at radius 1 is 1.13 bits per heavy atom. The molecular formula is C24H29F2N3O2. The molecule has 1 heterocycles. The van der Waals surface area contributed by atoms with E-state index in [4.69, 9.17) is 4.74 Å². The van der Waals surface area contributed by atoms with E-state index in [0.29, 0.717) is 18.8 Å². The van der Waals surface area contributed by atoms with Gasteiger partial charge in [-0.25, -0.2) is 13.6 Å². The van der Waals surface area contributed by atoms with Crippen LogP contribution in [0.3, 0.4) is 0 Å². The highest BCUT2D eigenvalue weighted by molar-refractivity contribution is 5.73. The quantitative estimate of drug-likeness (QED) is 0.664. The van der Waals surface area contributed by atoms with E-state index >= 15 is 0 Å². The first-order chi connectivity index (χ1) is 14.9. The molecule has 1 unspecified atom stereocenters. The van der Waals surface area contributed by atoms with Gasteiger partial charge in [-0.3, -0.25) is 4.90 Å². The number of ether oxygens (including phenoxy) is 1. The monoisotopic (exact) mass is 429 g/mol. The van der Waals surface area contributed by atoms with Crippen LogP contribution in [0.25, 0.3) is 0 Å². The molecule has 5 nitrogen and oxygen atoms in total. The Balaban J connectivity index is 1.26. The number of rotatable bonds is 8. The van der Waals surface area contributed by atoms with E-state index in [2.05, 4.69) is 33.7 Å². The molecule has 0 radical (unpaired) electrons. The largest absolute Gasteiger partial charge is 0.493 e. The van der Waals surface area contributed by atoms with Crippen molar-refractivity contribution in [3.8, 4) is 5.75 Å². The smallest absolute Gasteiger partial charge is 0.315 e. The standard InChI is InChI=1S/C24H29F2N3O2/c1-2-27-23(30)28-13-17-3-5-18(6-4-17)14-29-10-9-19-11-22(8-7-20(19)15-29)31-16-21-12-24(21,25)26/h3-8,11,21H,2,9-10,12-16H2,1H3,(H2,27,28,30). The second-order valence-electron chi connectivity index (χ2n) is 8.39. The predicted molar refractivity (Wildman–Crippen MR) is 115 cm³/mol. The van der Waals surface area contributed by atoms with E-state index in [-0.39, 0.29) is 19.1 Å². The number of benzene rings is 2. The first-order valence-corrected chi connectivity index (χ1v) is 10.9. The van der Waals surface area contributed by atoms with Gasteiger partial charge in [0.05, 0.1) is 12.5 Å². The molecule has 2 N–H and O–H groups in total. The number of hydrogen-bond acceptors (Lipinski definition) is 3. The molecule has 2 aliphatic rings. The lowest BCUT2D eigenvalue weighted by Gasteiger charge is -2.29. The van der Waals surface area contributed by atoms with Gasteiger partial charge in [-0.15, -0.1) is 0 Å². The van der Waals surface area contributed by atoms with Crippen LogP contribution in [0, 0.1) is 5.92 Å². The van der Waals surface area contributed by atoms with E-state index in [1.807, 2.05) is 31.2 Å². The minimum Gasteiger partial charge on any atom is -0.493 e. The van der Waals surface area contributed by atoms with E-state index in [0.717, 1.165) is 31.6 Å². The van der Waals surface area contributed by atoms with Crippen molar-refractivity contribution in [2.45, 2.75) is 45.3 Å². The zero-order valence-corrected chi connectivity index (χ0v) is 17.8. The van der Waals surface area contributed by atoms with Crippen LogP contribution in [0.15, 0.2) is 42.5 Å². The first-order valence-electron chi connectivity index (χ1n) is 10.9. The summed E-state index contributed by atoms with van der Waals surface area (Å²) in [6.45, 7) is 5.75. The average molecular weight is 430 g/mol. The summed E-state index contributed by atoms with van der Waals surface area (Å²) >= 11 is 0. The Labute approximate surface area is 181 Å². The summed E-state index contributed by atoms with van der Waals surface area (Å²) in [5.41, 5.74) is 4.80. The molecule has 1 fully saturated rings.